The predicted molar refractivity (Wildman–Crippen MR) is 92.9 cm³/mol. The van der Waals surface area contributed by atoms with E-state index in [9.17, 15) is 4.79 Å². The van der Waals surface area contributed by atoms with Crippen LogP contribution in [-0.4, -0.2) is 26.9 Å². The van der Waals surface area contributed by atoms with Gasteiger partial charge in [-0.05, 0) is 37.8 Å². The van der Waals surface area contributed by atoms with Crippen LogP contribution in [0.2, 0.25) is 0 Å². The van der Waals surface area contributed by atoms with E-state index in [0.29, 0.717) is 18.0 Å². The second-order valence-electron chi connectivity index (χ2n) is 6.59. The van der Waals surface area contributed by atoms with Crippen LogP contribution in [0.4, 0.5) is 0 Å². The molecule has 1 aliphatic rings. The van der Waals surface area contributed by atoms with Crippen LogP contribution in [0, 0.1) is 0 Å². The Bertz CT molecular complexity index is 843. The quantitative estimate of drug-likeness (QED) is 0.760. The molecule has 7 nitrogen and oxygen atoms in total. The molecule has 4 rings (SSSR count). The minimum Gasteiger partial charge on any atom is -0.459 e. The normalized spacial score (nSPS) is 20.7. The van der Waals surface area contributed by atoms with Crippen molar-refractivity contribution in [3.8, 4) is 0 Å². The van der Waals surface area contributed by atoms with Gasteiger partial charge >= 0.3 is 0 Å². The third-order valence-corrected chi connectivity index (χ3v) is 4.76. The highest BCUT2D eigenvalue weighted by Gasteiger charge is 2.22. The van der Waals surface area contributed by atoms with Gasteiger partial charge in [-0.3, -0.25) is 4.79 Å². The summed E-state index contributed by atoms with van der Waals surface area (Å²) in [5.41, 5.74) is 7.07. The maximum absolute atomic E-state index is 12.3. The largest absolute Gasteiger partial charge is 0.459 e. The molecule has 2 aromatic heterocycles. The van der Waals surface area contributed by atoms with Crippen LogP contribution < -0.4 is 11.1 Å². The highest BCUT2D eigenvalue weighted by molar-refractivity contribution is 5.91. The van der Waals surface area contributed by atoms with Crippen LogP contribution in [0.1, 0.15) is 48.0 Å². The number of rotatable bonds is 4. The Hall–Kier alpha value is -2.67. The molecule has 7 heteroatoms. The van der Waals surface area contributed by atoms with Crippen molar-refractivity contribution in [2.45, 2.75) is 44.3 Å². The molecule has 0 aliphatic heterocycles. The first-order valence-corrected chi connectivity index (χ1v) is 8.62. The summed E-state index contributed by atoms with van der Waals surface area (Å²) in [6.07, 6.45) is 5.64. The maximum Gasteiger partial charge on any atom is 0.273 e. The van der Waals surface area contributed by atoms with Crippen molar-refractivity contribution >= 4 is 16.9 Å². The van der Waals surface area contributed by atoms with Crippen molar-refractivity contribution < 1.29 is 9.21 Å². The number of carbonyl (C=O) groups is 1. The molecule has 0 bridgehead atoms. The summed E-state index contributed by atoms with van der Waals surface area (Å²) < 4.78 is 7.49. The van der Waals surface area contributed by atoms with E-state index in [4.69, 9.17) is 10.2 Å². The Morgan fingerprint density at radius 3 is 2.88 bits per heavy atom. The van der Waals surface area contributed by atoms with E-state index in [1.807, 2.05) is 30.3 Å². The molecule has 2 heterocycles. The fraction of sp³-hybridized carbons (Fsp3) is 0.389. The molecule has 1 saturated carbocycles. The molecule has 3 aromatic rings. The van der Waals surface area contributed by atoms with E-state index in [1.54, 1.807) is 10.9 Å². The van der Waals surface area contributed by atoms with Crippen molar-refractivity contribution in [2.24, 2.45) is 5.73 Å². The first kappa shape index (κ1) is 15.8. The second-order valence-corrected chi connectivity index (χ2v) is 6.59. The van der Waals surface area contributed by atoms with Crippen LogP contribution >= 0.6 is 0 Å². The second kappa shape index (κ2) is 6.68. The van der Waals surface area contributed by atoms with E-state index >= 15 is 0 Å². The average molecular weight is 339 g/mol. The number of aromatic nitrogens is 3. The van der Waals surface area contributed by atoms with Crippen molar-refractivity contribution in [1.29, 1.82) is 0 Å². The van der Waals surface area contributed by atoms with Gasteiger partial charge in [-0.25, -0.2) is 4.68 Å². The average Bonchev–Trinajstić information content (AvgIpc) is 3.27. The summed E-state index contributed by atoms with van der Waals surface area (Å²) >= 11 is 0. The fourth-order valence-electron chi connectivity index (χ4n) is 3.31. The molecule has 1 aromatic carbocycles. The molecule has 1 fully saturated rings. The number of amides is 1. The standard InChI is InChI=1S/C18H21N5O2/c19-13-5-7-14(8-6-13)23-11-16(21-22-23)18(24)20-10-15-9-12-3-1-2-4-17(12)25-15/h1-4,9,11,13-14H,5-8,10,19H2,(H,20,24). The zero-order chi connectivity index (χ0) is 17.2. The number of nitrogens with two attached hydrogens (primary N) is 1. The van der Waals surface area contributed by atoms with Gasteiger partial charge in [-0.15, -0.1) is 5.10 Å². The Morgan fingerprint density at radius 2 is 2.08 bits per heavy atom. The molecule has 1 aliphatic carbocycles. The van der Waals surface area contributed by atoms with E-state index < -0.39 is 0 Å². The SMILES string of the molecule is NC1CCC(n2cc(C(=O)NCc3cc4ccccc4o3)nn2)CC1. The molecule has 3 N–H and O–H groups in total. The lowest BCUT2D eigenvalue weighted by molar-refractivity contribution is 0.0943. The number of hydrogen-bond donors (Lipinski definition) is 2. The third kappa shape index (κ3) is 3.41. The first-order valence-electron chi connectivity index (χ1n) is 8.62. The van der Waals surface area contributed by atoms with Gasteiger partial charge in [-0.2, -0.15) is 0 Å². The monoisotopic (exact) mass is 339 g/mol. The number of benzene rings is 1. The molecule has 0 unspecified atom stereocenters. The number of fused-ring (bicyclic) bond motifs is 1. The molecule has 0 atom stereocenters. The van der Waals surface area contributed by atoms with Crippen molar-refractivity contribution in [2.75, 3.05) is 0 Å². The minimum absolute atomic E-state index is 0.251. The molecule has 0 saturated heterocycles. The van der Waals surface area contributed by atoms with Gasteiger partial charge in [0.25, 0.3) is 5.91 Å². The molecular formula is C18H21N5O2. The first-order chi connectivity index (χ1) is 12.2. The van der Waals surface area contributed by atoms with E-state index in [0.717, 1.165) is 36.7 Å². The number of para-hydroxylation sites is 1. The lowest BCUT2D eigenvalue weighted by Gasteiger charge is -2.25. The van der Waals surface area contributed by atoms with E-state index in [-0.39, 0.29) is 18.0 Å². The summed E-state index contributed by atoms with van der Waals surface area (Å²) in [5, 5.41) is 12.0. The molecular weight excluding hydrogens is 318 g/mol. The highest BCUT2D eigenvalue weighted by atomic mass is 16.3. The van der Waals surface area contributed by atoms with Crippen LogP contribution in [0.15, 0.2) is 40.9 Å². The van der Waals surface area contributed by atoms with Gasteiger partial charge < -0.3 is 15.5 Å². The summed E-state index contributed by atoms with van der Waals surface area (Å²) in [7, 11) is 0. The van der Waals surface area contributed by atoms with Crippen LogP contribution in [0.5, 0.6) is 0 Å². The number of carbonyl (C=O) groups excluding carboxylic acids is 1. The predicted octanol–water partition coefficient (Wildman–Crippen LogP) is 2.40. The van der Waals surface area contributed by atoms with Gasteiger partial charge in [0.2, 0.25) is 0 Å². The van der Waals surface area contributed by atoms with Crippen LogP contribution in [0.3, 0.4) is 0 Å². The van der Waals surface area contributed by atoms with Crippen molar-refractivity contribution in [1.82, 2.24) is 20.3 Å². The number of nitrogens with zero attached hydrogens (tertiary/aromatic N) is 3. The highest BCUT2D eigenvalue weighted by Crippen LogP contribution is 2.26. The molecule has 0 spiro atoms. The zero-order valence-corrected chi connectivity index (χ0v) is 13.9. The van der Waals surface area contributed by atoms with Gasteiger partial charge in [0.1, 0.15) is 11.3 Å². The Balaban J connectivity index is 1.38. The van der Waals surface area contributed by atoms with Crippen molar-refractivity contribution in [3.05, 3.63) is 48.0 Å². The molecule has 25 heavy (non-hydrogen) atoms. The number of nitrogens with one attached hydrogen (secondary N) is 1. The maximum atomic E-state index is 12.3. The Morgan fingerprint density at radius 1 is 1.28 bits per heavy atom. The molecule has 130 valence electrons. The zero-order valence-electron chi connectivity index (χ0n) is 13.9. The van der Waals surface area contributed by atoms with E-state index in [2.05, 4.69) is 15.6 Å². The lowest BCUT2D eigenvalue weighted by atomic mass is 9.92. The number of furan rings is 1. The summed E-state index contributed by atoms with van der Waals surface area (Å²) in [4.78, 5) is 12.3. The van der Waals surface area contributed by atoms with Gasteiger partial charge in [0.05, 0.1) is 18.8 Å². The number of hydrogen-bond acceptors (Lipinski definition) is 5. The van der Waals surface area contributed by atoms with Gasteiger partial charge in [0, 0.05) is 11.4 Å². The van der Waals surface area contributed by atoms with Gasteiger partial charge in [-0.1, -0.05) is 23.4 Å². The summed E-state index contributed by atoms with van der Waals surface area (Å²) in [6, 6.07) is 10.3. The van der Waals surface area contributed by atoms with Crippen LogP contribution in [-0.2, 0) is 6.54 Å². The van der Waals surface area contributed by atoms with Crippen LogP contribution in [0.25, 0.3) is 11.0 Å². The lowest BCUT2D eigenvalue weighted by Crippen LogP contribution is -2.28. The topological polar surface area (TPSA) is 99.0 Å². The Kier molecular flexibility index (Phi) is 4.23. The minimum atomic E-state index is -0.251. The molecule has 1 amide bonds. The van der Waals surface area contributed by atoms with Gasteiger partial charge in [0.15, 0.2) is 5.69 Å². The smallest absolute Gasteiger partial charge is 0.273 e. The fourth-order valence-corrected chi connectivity index (χ4v) is 3.31. The summed E-state index contributed by atoms with van der Waals surface area (Å²) in [6.45, 7) is 0.318. The van der Waals surface area contributed by atoms with E-state index in [1.165, 1.54) is 0 Å². The Labute approximate surface area is 145 Å². The molecule has 0 radical (unpaired) electrons. The van der Waals surface area contributed by atoms with Crippen molar-refractivity contribution in [3.63, 3.8) is 0 Å². The third-order valence-electron chi connectivity index (χ3n) is 4.76. The summed E-state index contributed by atoms with van der Waals surface area (Å²) in [5.74, 6) is 0.461.